The van der Waals surface area contributed by atoms with Gasteiger partial charge in [0.15, 0.2) is 18.3 Å². The van der Waals surface area contributed by atoms with Crippen molar-refractivity contribution in [2.75, 3.05) is 25.1 Å². The van der Waals surface area contributed by atoms with Gasteiger partial charge in [-0.1, -0.05) is 13.8 Å². The van der Waals surface area contributed by atoms with Crippen LogP contribution in [0.15, 0.2) is 12.1 Å². The van der Waals surface area contributed by atoms with E-state index in [0.29, 0.717) is 48.4 Å². The first-order chi connectivity index (χ1) is 20.8. The summed E-state index contributed by atoms with van der Waals surface area (Å²) in [6.45, 7) is 4.40. The molecule has 1 aromatic carbocycles. The Hall–Kier alpha value is -3.22. The molecule has 1 aliphatic heterocycles. The number of aryl methyl sites for hydroxylation is 2. The molecule has 1 aromatic rings. The lowest BCUT2D eigenvalue weighted by atomic mass is 9.87. The van der Waals surface area contributed by atoms with Gasteiger partial charge in [-0.3, -0.25) is 19.2 Å². The van der Waals surface area contributed by atoms with E-state index in [0.717, 1.165) is 0 Å². The number of rotatable bonds is 13. The van der Waals surface area contributed by atoms with Crippen LogP contribution in [0.25, 0.3) is 0 Å². The number of anilines is 1. The maximum absolute atomic E-state index is 12.5. The summed E-state index contributed by atoms with van der Waals surface area (Å²) in [5.41, 5.74) is 0.951. The number of unbranched alkanes of at least 4 members (excludes halogenated alkanes) is 1. The first kappa shape index (κ1) is 29.3. The van der Waals surface area contributed by atoms with Gasteiger partial charge >= 0.3 is 17.9 Å². The highest BCUT2D eigenvalue weighted by Crippen LogP contribution is 2.30. The van der Waals surface area contributed by atoms with Crippen LogP contribution >= 0.6 is 0 Å². The van der Waals surface area contributed by atoms with Crippen molar-refractivity contribution in [1.29, 1.82) is 0 Å². The van der Waals surface area contributed by atoms with Gasteiger partial charge in [0.2, 0.25) is 0 Å². The molecule has 12 nitrogen and oxygen atoms in total. The highest BCUT2D eigenvalue weighted by atomic mass is 16.6. The number of amides is 1. The molecule has 1 saturated heterocycles. The van der Waals surface area contributed by atoms with E-state index in [9.17, 15) is 29.4 Å². The lowest BCUT2D eigenvalue weighted by molar-refractivity contribution is -0.226. The zero-order valence-electron chi connectivity index (χ0n) is 27.0. The predicted octanol–water partition coefficient (Wildman–Crippen LogP) is 2.36. The number of hydrogen-bond donors (Lipinski definition) is 3. The molecule has 1 fully saturated rings. The monoisotopic (exact) mass is 584 g/mol. The molecule has 0 aliphatic carbocycles. The van der Waals surface area contributed by atoms with Crippen molar-refractivity contribution in [3.63, 3.8) is 0 Å². The second-order valence-corrected chi connectivity index (χ2v) is 10.6. The van der Waals surface area contributed by atoms with Gasteiger partial charge in [0.25, 0.3) is 5.91 Å². The average Bonchev–Trinajstić information content (AvgIpc) is 3.00. The molecule has 1 aliphatic rings. The summed E-state index contributed by atoms with van der Waals surface area (Å²) in [5, 5.41) is 22.5. The number of nitrogens with one attached hydrogen (secondary N) is 1. The van der Waals surface area contributed by atoms with E-state index in [1.54, 1.807) is 39.8 Å². The number of hydrogen-bond acceptors (Lipinski definition) is 11. The minimum atomic E-state index is -1.41. The van der Waals surface area contributed by atoms with Crippen molar-refractivity contribution in [3.05, 3.63) is 23.3 Å². The smallest absolute Gasteiger partial charge is 0.303 e. The molecule has 41 heavy (non-hydrogen) atoms. The Labute approximate surface area is 244 Å². The highest BCUT2D eigenvalue weighted by Gasteiger charge is 2.46. The molecule has 1 heterocycles. The number of esters is 3. The van der Waals surface area contributed by atoms with E-state index in [2.05, 4.69) is 5.32 Å². The van der Waals surface area contributed by atoms with Crippen LogP contribution in [0.5, 0.6) is 5.75 Å². The zero-order valence-corrected chi connectivity index (χ0v) is 24.0. The summed E-state index contributed by atoms with van der Waals surface area (Å²) in [6, 6.07) is 3.49. The third-order valence-corrected chi connectivity index (χ3v) is 6.65. The molecule has 0 radical (unpaired) electrons. The van der Waals surface area contributed by atoms with Gasteiger partial charge in [0.1, 0.15) is 11.9 Å². The van der Waals surface area contributed by atoms with Crippen LogP contribution < -0.4 is 10.1 Å². The summed E-state index contributed by atoms with van der Waals surface area (Å²) in [4.78, 5) is 48.3. The largest absolute Gasteiger partial charge is 0.494 e. The summed E-state index contributed by atoms with van der Waals surface area (Å²) in [7, 11) is 0. The SMILES string of the molecule is [2H]CC(=O)O[C@H]1[C@H](OC(=O)C[2H])COC(CCCCOc2cc(C)c(NC(=O)C(O)C(C)(C)CO)c(C)c2)[C@@H]1OC(=O)C[2H]. The van der Waals surface area contributed by atoms with Crippen molar-refractivity contribution in [2.24, 2.45) is 5.41 Å². The van der Waals surface area contributed by atoms with Gasteiger partial charge in [0.05, 0.1) is 25.9 Å². The van der Waals surface area contributed by atoms with Gasteiger partial charge in [-0.15, -0.1) is 0 Å². The maximum atomic E-state index is 12.5. The van der Waals surface area contributed by atoms with E-state index < -0.39 is 80.4 Å². The third kappa shape index (κ3) is 9.98. The van der Waals surface area contributed by atoms with Gasteiger partial charge in [-0.2, -0.15) is 0 Å². The number of ether oxygens (including phenoxy) is 5. The van der Waals surface area contributed by atoms with Crippen LogP contribution in [0.2, 0.25) is 0 Å². The number of benzene rings is 1. The Morgan fingerprint density at radius 3 is 2.20 bits per heavy atom. The zero-order chi connectivity index (χ0) is 33.0. The summed E-state index contributed by atoms with van der Waals surface area (Å²) >= 11 is 0. The lowest BCUT2D eigenvalue weighted by Crippen LogP contribution is -2.57. The van der Waals surface area contributed by atoms with Crippen LogP contribution in [-0.2, 0) is 38.1 Å². The molecule has 0 saturated carbocycles. The van der Waals surface area contributed by atoms with Gasteiger partial charge in [-0.05, 0) is 56.4 Å². The van der Waals surface area contributed by atoms with E-state index in [-0.39, 0.29) is 13.2 Å². The number of carbonyl (C=O) groups is 4. The van der Waals surface area contributed by atoms with Crippen LogP contribution in [0, 0.1) is 19.3 Å². The van der Waals surface area contributed by atoms with E-state index >= 15 is 0 Å². The second-order valence-electron chi connectivity index (χ2n) is 10.6. The quantitative estimate of drug-likeness (QED) is 0.177. The van der Waals surface area contributed by atoms with Crippen LogP contribution in [0.1, 0.15) is 69.0 Å². The minimum Gasteiger partial charge on any atom is -0.494 e. The van der Waals surface area contributed by atoms with Crippen molar-refractivity contribution >= 4 is 29.5 Å². The molecular weight excluding hydrogens is 538 g/mol. The molecule has 5 atom stereocenters. The second kappa shape index (κ2) is 15.1. The number of carbonyl (C=O) groups excluding carboxylic acids is 4. The first-order valence-electron chi connectivity index (χ1n) is 15.3. The molecule has 12 heteroatoms. The standard InChI is InChI=1S/C29H43NO11/c1-16-12-21(13-17(2)24(16)30-28(36)27(35)29(6,7)15-31)37-11-9-8-10-22-25(40-19(4)33)26(41-20(5)34)23(14-38-22)39-18(3)32/h12-13,22-23,25-27,31,35H,8-11,14-15H2,1-7H3,(H,30,36)/t22?,23-,25+,26+,27?/m1/s1/i3D,4D,5D. The predicted molar refractivity (Wildman–Crippen MR) is 147 cm³/mol. The number of aliphatic hydroxyl groups is 2. The molecule has 2 rings (SSSR count). The Morgan fingerprint density at radius 2 is 1.61 bits per heavy atom. The third-order valence-electron chi connectivity index (χ3n) is 6.65. The summed E-state index contributed by atoms with van der Waals surface area (Å²) < 4.78 is 49.3. The van der Waals surface area contributed by atoms with Crippen LogP contribution in [0.3, 0.4) is 0 Å². The van der Waals surface area contributed by atoms with Gasteiger partial charge < -0.3 is 39.2 Å². The fourth-order valence-electron chi connectivity index (χ4n) is 4.41. The van der Waals surface area contributed by atoms with Crippen molar-refractivity contribution in [2.45, 2.75) is 98.2 Å². The van der Waals surface area contributed by atoms with Gasteiger partial charge in [0, 0.05) is 35.9 Å². The van der Waals surface area contributed by atoms with Crippen LogP contribution in [0.4, 0.5) is 5.69 Å². The molecular formula is C29H43NO11. The fraction of sp³-hybridized carbons (Fsp3) is 0.655. The lowest BCUT2D eigenvalue weighted by Gasteiger charge is -2.40. The first-order valence-corrected chi connectivity index (χ1v) is 13.2. The Balaban J connectivity index is 2.02. The Bertz CT molecular complexity index is 1130. The van der Waals surface area contributed by atoms with Crippen molar-refractivity contribution in [1.82, 2.24) is 0 Å². The summed E-state index contributed by atoms with van der Waals surface area (Å²) in [5.74, 6) is -2.78. The van der Waals surface area contributed by atoms with Crippen molar-refractivity contribution in [3.8, 4) is 5.75 Å². The highest BCUT2D eigenvalue weighted by molar-refractivity contribution is 5.96. The van der Waals surface area contributed by atoms with E-state index in [1.165, 1.54) is 0 Å². The van der Waals surface area contributed by atoms with Gasteiger partial charge in [-0.25, -0.2) is 0 Å². The Morgan fingerprint density at radius 1 is 1.02 bits per heavy atom. The molecule has 2 unspecified atom stereocenters. The molecule has 230 valence electrons. The topological polar surface area (TPSA) is 167 Å². The van der Waals surface area contributed by atoms with E-state index in [1.807, 2.05) is 0 Å². The maximum Gasteiger partial charge on any atom is 0.303 e. The van der Waals surface area contributed by atoms with Crippen LogP contribution in [-0.4, -0.2) is 84.4 Å². The minimum absolute atomic E-state index is 0.187. The summed E-state index contributed by atoms with van der Waals surface area (Å²) in [6.07, 6.45) is -4.38. The molecule has 0 aromatic heterocycles. The molecule has 3 N–H and O–H groups in total. The molecule has 0 spiro atoms. The average molecular weight is 585 g/mol. The van der Waals surface area contributed by atoms with E-state index in [4.69, 9.17) is 27.8 Å². The molecule has 0 bridgehead atoms. The van der Waals surface area contributed by atoms with Crippen molar-refractivity contribution < 1.29 is 57.2 Å². The number of aliphatic hydroxyl groups excluding tert-OH is 2. The normalized spacial score (nSPS) is 22.3. The fourth-order valence-corrected chi connectivity index (χ4v) is 4.41. The molecule has 1 amide bonds. The Kier molecular flexibility index (Phi) is 10.8.